The third-order valence-corrected chi connectivity index (χ3v) is 0. The van der Waals surface area contributed by atoms with Crippen molar-refractivity contribution in [1.82, 2.24) is 0 Å². The van der Waals surface area contributed by atoms with Crippen molar-refractivity contribution in [2.75, 3.05) is 0 Å². The van der Waals surface area contributed by atoms with Gasteiger partial charge in [-0.15, -0.1) is 0 Å². The normalized spacial score (nSPS) is 0. The fraction of sp³-hybridized carbons (Fsp3) is 0. The summed E-state index contributed by atoms with van der Waals surface area (Å²) in [7, 11) is 0. The fourth-order valence-electron chi connectivity index (χ4n) is 0. The minimum atomic E-state index is 0. The topological polar surface area (TPSA) is 0 Å². The van der Waals surface area contributed by atoms with Gasteiger partial charge in [-0.3, -0.25) is 0 Å². The number of hydrogen-bond donors (Lipinski definition) is 0. The third-order valence-electron chi connectivity index (χ3n) is 0. The maximum absolute atomic E-state index is 0. The van der Waals surface area contributed by atoms with Crippen molar-refractivity contribution in [1.29, 1.82) is 0 Å². The Morgan fingerprint density at radius 3 is 1.00 bits per heavy atom. The Labute approximate surface area is 124 Å². The van der Waals surface area contributed by atoms with Crippen molar-refractivity contribution >= 4 is 0 Å². The SMILES string of the molecule is [Cr].[Cu].[Fe].[Mn].[Ni].[Ti].[Zn]. The van der Waals surface area contributed by atoms with Crippen LogP contribution in [0.2, 0.25) is 0 Å². The van der Waals surface area contributed by atoms with Crippen LogP contribution in [0.3, 0.4) is 0 Å². The Morgan fingerprint density at radius 1 is 1.00 bits per heavy atom. The second kappa shape index (κ2) is 51.3. The van der Waals surface area contributed by atoms with Crippen LogP contribution >= 0.6 is 0 Å². The average molecular weight is 398 g/mol. The summed E-state index contributed by atoms with van der Waals surface area (Å²) < 4.78 is 0. The molecule has 0 N–H and O–H groups in total. The van der Waals surface area contributed by atoms with E-state index in [9.17, 15) is 0 Å². The van der Waals surface area contributed by atoms with E-state index in [2.05, 4.69) is 0 Å². The molecule has 0 aromatic carbocycles. The molecular weight excluding hydrogens is 398 g/mol. The maximum atomic E-state index is 0. The Morgan fingerprint density at radius 2 is 1.00 bits per heavy atom. The zero-order valence-corrected chi connectivity index (χ0v) is 13.0. The van der Waals surface area contributed by atoms with Crippen molar-refractivity contribution in [2.24, 2.45) is 0 Å². The van der Waals surface area contributed by atoms with Gasteiger partial charge in [0.2, 0.25) is 0 Å². The molecule has 0 atom stereocenters. The molecule has 0 aromatic rings. The molecule has 7 heavy (non-hydrogen) atoms. The van der Waals surface area contributed by atoms with Gasteiger partial charge in [0.25, 0.3) is 0 Å². The van der Waals surface area contributed by atoms with E-state index < -0.39 is 0 Å². The molecule has 7 heteroatoms. The Balaban J connectivity index is 0. The fourth-order valence-corrected chi connectivity index (χ4v) is 0. The second-order valence-corrected chi connectivity index (χ2v) is 0. The van der Waals surface area contributed by atoms with Gasteiger partial charge in [-0.25, -0.2) is 0 Å². The second-order valence-electron chi connectivity index (χ2n) is 0. The summed E-state index contributed by atoms with van der Waals surface area (Å²) in [4.78, 5) is 0. The summed E-state index contributed by atoms with van der Waals surface area (Å²) in [6.45, 7) is 0. The molecule has 0 aliphatic carbocycles. The first-order valence-electron chi connectivity index (χ1n) is 0. The van der Waals surface area contributed by atoms with Crippen LogP contribution < -0.4 is 0 Å². The van der Waals surface area contributed by atoms with E-state index in [0.717, 1.165) is 0 Å². The smallest absolute Gasteiger partial charge is 0 e. The first kappa shape index (κ1) is 69.9. The molecule has 0 fully saturated rings. The van der Waals surface area contributed by atoms with Crippen LogP contribution in [0, 0.1) is 0 Å². The summed E-state index contributed by atoms with van der Waals surface area (Å²) in [5, 5.41) is 0. The van der Waals surface area contributed by atoms with Gasteiger partial charge in [-0.1, -0.05) is 0 Å². The van der Waals surface area contributed by atoms with Gasteiger partial charge in [0.15, 0.2) is 0 Å². The molecular formula is CrCuFeMnNiTiZn. The van der Waals surface area contributed by atoms with E-state index in [4.69, 9.17) is 0 Å². The first-order chi connectivity index (χ1) is 0. The van der Waals surface area contributed by atoms with Crippen LogP contribution in [-0.2, 0) is 126 Å². The van der Waals surface area contributed by atoms with Crippen LogP contribution in [0.15, 0.2) is 0 Å². The third kappa shape index (κ3) is 40.5. The van der Waals surface area contributed by atoms with E-state index in [1.807, 2.05) is 0 Å². The summed E-state index contributed by atoms with van der Waals surface area (Å²) in [5.74, 6) is 0. The Hall–Kier alpha value is 3.92. The van der Waals surface area contributed by atoms with E-state index >= 15 is 0 Å². The van der Waals surface area contributed by atoms with Gasteiger partial charge in [-0.2, -0.15) is 0 Å². The standard InChI is InChI=1S/Cr.Cu.Fe.Mn.Ni.Ti.Zn. The Bertz CT molecular complexity index is 19.7. The van der Waals surface area contributed by atoms with E-state index in [1.54, 1.807) is 0 Å². The average Bonchev–Trinajstić information content (AvgIpc) is 0. The van der Waals surface area contributed by atoms with Crippen LogP contribution in [0.4, 0.5) is 0 Å². The van der Waals surface area contributed by atoms with Crippen LogP contribution in [0.1, 0.15) is 0 Å². The van der Waals surface area contributed by atoms with Gasteiger partial charge < -0.3 is 0 Å². The molecule has 0 aliphatic heterocycles. The Kier molecular flexibility index (Phi) is 513. The van der Waals surface area contributed by atoms with Crippen molar-refractivity contribution < 1.29 is 126 Å². The van der Waals surface area contributed by atoms with Crippen molar-refractivity contribution in [3.63, 3.8) is 0 Å². The molecule has 0 unspecified atom stereocenters. The molecule has 0 spiro atoms. The van der Waals surface area contributed by atoms with Gasteiger partial charge in [0, 0.05) is 126 Å². The molecule has 0 amide bonds. The molecule has 0 heterocycles. The zero-order valence-electron chi connectivity index (χ0n) is 2.96. The predicted octanol–water partition coefficient (Wildman–Crippen LogP) is -0.0175. The van der Waals surface area contributed by atoms with Crippen LogP contribution in [0.25, 0.3) is 0 Å². The molecule has 0 nitrogen and oxygen atoms in total. The van der Waals surface area contributed by atoms with Gasteiger partial charge in [0.05, 0.1) is 0 Å². The molecule has 0 aliphatic rings. The van der Waals surface area contributed by atoms with Crippen molar-refractivity contribution in [2.45, 2.75) is 0 Å². The summed E-state index contributed by atoms with van der Waals surface area (Å²) in [6, 6.07) is 0. The molecule has 0 saturated carbocycles. The monoisotopic (exact) mass is 396 g/mol. The van der Waals surface area contributed by atoms with Gasteiger partial charge >= 0.3 is 0 Å². The molecule has 2 radical (unpaired) electrons. The van der Waals surface area contributed by atoms with Crippen molar-refractivity contribution in [3.8, 4) is 0 Å². The van der Waals surface area contributed by atoms with Gasteiger partial charge in [0.1, 0.15) is 0 Å². The van der Waals surface area contributed by atoms with Crippen LogP contribution in [0.5, 0.6) is 0 Å². The van der Waals surface area contributed by atoms with E-state index in [0.29, 0.717) is 0 Å². The first-order valence-corrected chi connectivity index (χ1v) is 0. The van der Waals surface area contributed by atoms with Crippen LogP contribution in [-0.4, -0.2) is 0 Å². The van der Waals surface area contributed by atoms with E-state index in [1.165, 1.54) is 0 Å². The largest absolute Gasteiger partial charge is 0 e. The zero-order chi connectivity index (χ0) is 0. The molecule has 0 aromatic heterocycles. The minimum Gasteiger partial charge on any atom is 0 e. The van der Waals surface area contributed by atoms with E-state index in [-0.39, 0.29) is 126 Å². The quantitative estimate of drug-likeness (QED) is 0.504. The summed E-state index contributed by atoms with van der Waals surface area (Å²) in [5.41, 5.74) is 0. The molecule has 0 rings (SSSR count). The summed E-state index contributed by atoms with van der Waals surface area (Å²) >= 11 is 0. The predicted molar refractivity (Wildman–Crippen MR) is 0 cm³/mol. The molecule has 0 bridgehead atoms. The summed E-state index contributed by atoms with van der Waals surface area (Å²) in [6.07, 6.45) is 0. The van der Waals surface area contributed by atoms with Crippen molar-refractivity contribution in [3.05, 3.63) is 0 Å². The minimum absolute atomic E-state index is 0. The molecule has 48 valence electrons. The maximum Gasteiger partial charge on any atom is 0 e. The number of rotatable bonds is 0. The molecule has 0 saturated heterocycles. The van der Waals surface area contributed by atoms with Gasteiger partial charge in [-0.05, 0) is 0 Å². The number of hydrogen-bond acceptors (Lipinski definition) is 0.